The van der Waals surface area contributed by atoms with Crippen molar-refractivity contribution in [2.45, 2.75) is 12.3 Å². The third-order valence-electron chi connectivity index (χ3n) is 5.29. The van der Waals surface area contributed by atoms with E-state index in [9.17, 15) is 19.8 Å². The topological polar surface area (TPSA) is 115 Å². The minimum atomic E-state index is -0.463. The predicted octanol–water partition coefficient (Wildman–Crippen LogP) is 3.05. The molecule has 0 saturated carbocycles. The molecule has 30 heavy (non-hydrogen) atoms. The van der Waals surface area contributed by atoms with Crippen LogP contribution >= 0.6 is 0 Å². The van der Waals surface area contributed by atoms with Crippen LogP contribution < -0.4 is 10.2 Å². The van der Waals surface area contributed by atoms with Gasteiger partial charge in [-0.25, -0.2) is 0 Å². The highest BCUT2D eigenvalue weighted by molar-refractivity contribution is 5.93. The monoisotopic (exact) mass is 404 g/mol. The number of phenols is 2. The number of benzene rings is 2. The van der Waals surface area contributed by atoms with E-state index in [1.54, 1.807) is 36.1 Å². The molecule has 4 aromatic rings. The molecule has 150 valence electrons. The average Bonchev–Trinajstić information content (AvgIpc) is 3.13. The Labute approximate surface area is 169 Å². The van der Waals surface area contributed by atoms with Crippen LogP contribution in [-0.4, -0.2) is 26.0 Å². The van der Waals surface area contributed by atoms with Gasteiger partial charge in [-0.3, -0.25) is 14.3 Å². The molecule has 5 rings (SSSR count). The van der Waals surface area contributed by atoms with Crippen molar-refractivity contribution in [1.82, 2.24) is 9.78 Å². The van der Waals surface area contributed by atoms with Crippen molar-refractivity contribution in [2.75, 3.05) is 0 Å². The molecule has 0 amide bonds. The minimum Gasteiger partial charge on any atom is -0.508 e. The van der Waals surface area contributed by atoms with Crippen LogP contribution in [0.1, 0.15) is 23.6 Å². The summed E-state index contributed by atoms with van der Waals surface area (Å²) in [5, 5.41) is 24.2. The Hall–Kier alpha value is -4.07. The zero-order chi connectivity index (χ0) is 21.0. The number of aryl methyl sites for hydroxylation is 1. The van der Waals surface area contributed by atoms with Gasteiger partial charge in [0.1, 0.15) is 34.0 Å². The van der Waals surface area contributed by atoms with Crippen LogP contribution in [0, 0.1) is 0 Å². The quantitative estimate of drug-likeness (QED) is 0.390. The Bertz CT molecular complexity index is 1370. The zero-order valence-corrected chi connectivity index (χ0v) is 15.8. The molecule has 0 spiro atoms. The van der Waals surface area contributed by atoms with Gasteiger partial charge in [0.15, 0.2) is 5.43 Å². The second-order valence-electron chi connectivity index (χ2n) is 7.14. The van der Waals surface area contributed by atoms with Crippen molar-refractivity contribution in [3.8, 4) is 28.6 Å². The van der Waals surface area contributed by atoms with Gasteiger partial charge in [0.05, 0.1) is 6.42 Å². The molecule has 0 saturated heterocycles. The molecule has 2 N–H and O–H groups in total. The number of hydrogen-bond donors (Lipinski definition) is 2. The highest BCUT2D eigenvalue weighted by Crippen LogP contribution is 2.45. The number of hydrogen-bond acceptors (Lipinski definition) is 7. The van der Waals surface area contributed by atoms with Crippen molar-refractivity contribution in [3.63, 3.8) is 0 Å². The van der Waals surface area contributed by atoms with E-state index in [1.807, 2.05) is 0 Å². The molecule has 8 nitrogen and oxygen atoms in total. The standard InChI is InChI=1S/C22H16N2O6/c1-24-14(6-7-23-24)13-8-19(28)29-18-10-16(27)21-15(26)9-17(30-22(21)20(13)18)11-2-4-12(25)5-3-11/h2-7,9-10,13,25,27H,8H2,1H3/t13-/m0/s1. The fourth-order valence-electron chi connectivity index (χ4n) is 3.91. The molecule has 0 bridgehead atoms. The molecule has 2 aromatic carbocycles. The van der Waals surface area contributed by atoms with Gasteiger partial charge in [0.25, 0.3) is 0 Å². The molecule has 1 aliphatic heterocycles. The summed E-state index contributed by atoms with van der Waals surface area (Å²) in [5.41, 5.74) is 1.55. The van der Waals surface area contributed by atoms with E-state index in [0.29, 0.717) is 11.1 Å². The lowest BCUT2D eigenvalue weighted by Crippen LogP contribution is -2.23. The van der Waals surface area contributed by atoms with Crippen LogP contribution in [-0.2, 0) is 11.8 Å². The van der Waals surface area contributed by atoms with E-state index in [-0.39, 0.29) is 40.4 Å². The number of aromatic hydroxyl groups is 2. The maximum absolute atomic E-state index is 12.9. The number of phenolic OH excluding ortho intramolecular Hbond substituents is 2. The summed E-state index contributed by atoms with van der Waals surface area (Å²) in [7, 11) is 1.76. The second-order valence-corrected chi connectivity index (χ2v) is 7.14. The van der Waals surface area contributed by atoms with Crippen LogP contribution in [0.15, 0.2) is 57.9 Å². The largest absolute Gasteiger partial charge is 0.508 e. The number of esters is 1. The van der Waals surface area contributed by atoms with E-state index < -0.39 is 17.3 Å². The number of fused-ring (bicyclic) bond motifs is 3. The Balaban J connectivity index is 1.84. The molecule has 0 radical (unpaired) electrons. The summed E-state index contributed by atoms with van der Waals surface area (Å²) < 4.78 is 13.1. The van der Waals surface area contributed by atoms with Gasteiger partial charge >= 0.3 is 5.97 Å². The first-order chi connectivity index (χ1) is 14.4. The van der Waals surface area contributed by atoms with Gasteiger partial charge < -0.3 is 19.4 Å². The summed E-state index contributed by atoms with van der Waals surface area (Å²) in [5.74, 6) is -0.748. The minimum absolute atomic E-state index is 0.0152. The molecule has 1 aliphatic rings. The molecule has 1 atom stereocenters. The lowest BCUT2D eigenvalue weighted by atomic mass is 9.88. The van der Waals surface area contributed by atoms with Gasteiger partial charge in [0, 0.05) is 48.1 Å². The first-order valence-electron chi connectivity index (χ1n) is 9.24. The first-order valence-corrected chi connectivity index (χ1v) is 9.24. The molecule has 0 unspecified atom stereocenters. The summed E-state index contributed by atoms with van der Waals surface area (Å²) in [4.78, 5) is 25.1. The molecule has 2 aromatic heterocycles. The van der Waals surface area contributed by atoms with E-state index in [4.69, 9.17) is 9.15 Å². The van der Waals surface area contributed by atoms with Crippen LogP contribution in [0.3, 0.4) is 0 Å². The Morgan fingerprint density at radius 1 is 1.10 bits per heavy atom. The highest BCUT2D eigenvalue weighted by atomic mass is 16.5. The van der Waals surface area contributed by atoms with Crippen molar-refractivity contribution in [3.05, 3.63) is 70.1 Å². The third-order valence-corrected chi connectivity index (χ3v) is 5.29. The third kappa shape index (κ3) is 2.73. The summed E-state index contributed by atoms with van der Waals surface area (Å²) in [6, 6.07) is 10.5. The molecule has 3 heterocycles. The number of carbonyl (C=O) groups is 1. The number of rotatable bonds is 2. The SMILES string of the molecule is Cn1nccc1[C@@H]1CC(=O)Oc2cc(O)c3c(=O)cc(-c4ccc(O)cc4)oc3c21. The van der Waals surface area contributed by atoms with Crippen molar-refractivity contribution in [1.29, 1.82) is 0 Å². The fourth-order valence-corrected chi connectivity index (χ4v) is 3.91. The molecule has 0 aliphatic carbocycles. The summed E-state index contributed by atoms with van der Waals surface area (Å²) in [6.07, 6.45) is 1.66. The van der Waals surface area contributed by atoms with Crippen LogP contribution in [0.5, 0.6) is 17.2 Å². The number of aromatic nitrogens is 2. The Kier molecular flexibility index (Phi) is 3.89. The fraction of sp³-hybridized carbons (Fsp3) is 0.136. The molecule has 8 heteroatoms. The average molecular weight is 404 g/mol. The van der Waals surface area contributed by atoms with Gasteiger partial charge in [-0.1, -0.05) is 0 Å². The highest BCUT2D eigenvalue weighted by Gasteiger charge is 2.34. The van der Waals surface area contributed by atoms with Crippen molar-refractivity contribution in [2.24, 2.45) is 7.05 Å². The lowest BCUT2D eigenvalue weighted by molar-refractivity contribution is -0.135. The van der Waals surface area contributed by atoms with Gasteiger partial charge in [0.2, 0.25) is 0 Å². The van der Waals surface area contributed by atoms with Gasteiger partial charge in [-0.05, 0) is 30.3 Å². The zero-order valence-electron chi connectivity index (χ0n) is 15.8. The molecular weight excluding hydrogens is 388 g/mol. The first kappa shape index (κ1) is 18.0. The molecule has 0 fully saturated rings. The number of carbonyl (C=O) groups excluding carboxylic acids is 1. The number of nitrogens with zero attached hydrogens (tertiary/aromatic N) is 2. The van der Waals surface area contributed by atoms with Crippen LogP contribution in [0.25, 0.3) is 22.3 Å². The lowest BCUT2D eigenvalue weighted by Gasteiger charge is -2.25. The van der Waals surface area contributed by atoms with E-state index >= 15 is 0 Å². The second kappa shape index (κ2) is 6.48. The van der Waals surface area contributed by atoms with Gasteiger partial charge in [-0.15, -0.1) is 0 Å². The van der Waals surface area contributed by atoms with Crippen molar-refractivity contribution < 1.29 is 24.2 Å². The summed E-state index contributed by atoms with van der Waals surface area (Å²) in [6.45, 7) is 0. The maximum atomic E-state index is 12.9. The smallest absolute Gasteiger partial charge is 0.312 e. The van der Waals surface area contributed by atoms with Crippen molar-refractivity contribution >= 4 is 16.9 Å². The Morgan fingerprint density at radius 2 is 1.87 bits per heavy atom. The number of ether oxygens (including phenoxy) is 1. The van der Waals surface area contributed by atoms with Gasteiger partial charge in [-0.2, -0.15) is 5.10 Å². The van der Waals surface area contributed by atoms with Crippen LogP contribution in [0.4, 0.5) is 0 Å². The molecular formula is C22H16N2O6. The van der Waals surface area contributed by atoms with E-state index in [2.05, 4.69) is 5.10 Å². The predicted molar refractivity (Wildman–Crippen MR) is 107 cm³/mol. The van der Waals surface area contributed by atoms with Crippen LogP contribution in [0.2, 0.25) is 0 Å². The van der Waals surface area contributed by atoms with E-state index in [0.717, 1.165) is 5.69 Å². The normalized spacial score (nSPS) is 15.8. The Morgan fingerprint density at radius 3 is 2.57 bits per heavy atom. The summed E-state index contributed by atoms with van der Waals surface area (Å²) >= 11 is 0. The van der Waals surface area contributed by atoms with E-state index in [1.165, 1.54) is 24.3 Å². The maximum Gasteiger partial charge on any atom is 0.312 e.